The molecule has 1 aromatic carbocycles. The van der Waals surface area contributed by atoms with Gasteiger partial charge in [0.1, 0.15) is 18.2 Å². The van der Waals surface area contributed by atoms with Crippen LogP contribution in [-0.4, -0.2) is 36.4 Å². The maximum absolute atomic E-state index is 12.7. The van der Waals surface area contributed by atoms with Crippen LogP contribution in [0, 0.1) is 5.82 Å². The Labute approximate surface area is 111 Å². The Kier molecular flexibility index (Phi) is 6.08. The minimum absolute atomic E-state index is 0.192. The van der Waals surface area contributed by atoms with Crippen LogP contribution in [0.2, 0.25) is 0 Å². The molecule has 106 valence electrons. The van der Waals surface area contributed by atoms with E-state index in [1.165, 1.54) is 24.3 Å². The number of rotatable bonds is 6. The van der Waals surface area contributed by atoms with Gasteiger partial charge in [0.15, 0.2) is 0 Å². The molecule has 0 spiro atoms. The molecule has 1 unspecified atom stereocenters. The molecule has 2 atom stereocenters. The maximum Gasteiger partial charge on any atom is 0.315 e. The molecule has 6 heteroatoms. The zero-order valence-corrected chi connectivity index (χ0v) is 11.0. The van der Waals surface area contributed by atoms with Gasteiger partial charge in [-0.15, -0.1) is 0 Å². The van der Waals surface area contributed by atoms with E-state index in [9.17, 15) is 9.18 Å². The van der Waals surface area contributed by atoms with Crippen LogP contribution in [0.3, 0.4) is 0 Å². The van der Waals surface area contributed by atoms with Crippen molar-refractivity contribution in [2.24, 2.45) is 0 Å². The van der Waals surface area contributed by atoms with Crippen molar-refractivity contribution in [3.05, 3.63) is 30.1 Å². The quantitative estimate of drug-likeness (QED) is 0.729. The van der Waals surface area contributed by atoms with Crippen molar-refractivity contribution in [3.63, 3.8) is 0 Å². The van der Waals surface area contributed by atoms with Crippen LogP contribution in [0.1, 0.15) is 13.8 Å². The second kappa shape index (κ2) is 7.58. The normalized spacial score (nSPS) is 13.5. The lowest BCUT2D eigenvalue weighted by Crippen LogP contribution is -2.45. The summed E-state index contributed by atoms with van der Waals surface area (Å²) in [7, 11) is 0. The number of nitrogens with one attached hydrogen (secondary N) is 2. The van der Waals surface area contributed by atoms with Crippen LogP contribution in [0.15, 0.2) is 24.3 Å². The first-order valence-corrected chi connectivity index (χ1v) is 6.08. The lowest BCUT2D eigenvalue weighted by atomic mass is 10.3. The number of carbonyl (C=O) groups is 1. The number of benzene rings is 1. The molecule has 0 saturated carbocycles. The summed E-state index contributed by atoms with van der Waals surface area (Å²) in [5.41, 5.74) is 0. The molecule has 0 aromatic heterocycles. The van der Waals surface area contributed by atoms with E-state index in [1.807, 2.05) is 0 Å². The van der Waals surface area contributed by atoms with Gasteiger partial charge in [-0.25, -0.2) is 9.18 Å². The Morgan fingerprint density at radius 3 is 2.58 bits per heavy atom. The van der Waals surface area contributed by atoms with E-state index in [0.717, 1.165) is 0 Å². The summed E-state index contributed by atoms with van der Waals surface area (Å²) in [5.74, 6) is 0.218. The summed E-state index contributed by atoms with van der Waals surface area (Å²) in [5, 5.41) is 14.2. The molecule has 1 rings (SSSR count). The number of carbonyl (C=O) groups excluding carboxylic acids is 1. The number of aliphatic hydroxyl groups is 1. The maximum atomic E-state index is 12.7. The van der Waals surface area contributed by atoms with Crippen molar-refractivity contribution in [1.82, 2.24) is 10.6 Å². The molecule has 0 fully saturated rings. The van der Waals surface area contributed by atoms with Gasteiger partial charge >= 0.3 is 6.03 Å². The van der Waals surface area contributed by atoms with Crippen molar-refractivity contribution >= 4 is 6.03 Å². The van der Waals surface area contributed by atoms with Gasteiger partial charge in [-0.1, -0.05) is 0 Å². The zero-order chi connectivity index (χ0) is 14.3. The Hall–Kier alpha value is -1.82. The Balaban J connectivity index is 2.25. The summed E-state index contributed by atoms with van der Waals surface area (Å²) in [6.45, 7) is 3.83. The Bertz CT molecular complexity index is 395. The molecule has 0 heterocycles. The van der Waals surface area contributed by atoms with E-state index in [0.29, 0.717) is 5.75 Å². The summed E-state index contributed by atoms with van der Waals surface area (Å²) in [6, 6.07) is 5.09. The zero-order valence-electron chi connectivity index (χ0n) is 11.0. The fraction of sp³-hybridized carbons (Fsp3) is 0.462. The van der Waals surface area contributed by atoms with Crippen LogP contribution in [0.4, 0.5) is 9.18 Å². The van der Waals surface area contributed by atoms with E-state index < -0.39 is 6.10 Å². The third-order valence-corrected chi connectivity index (χ3v) is 2.25. The highest BCUT2D eigenvalue weighted by Gasteiger charge is 2.08. The summed E-state index contributed by atoms with van der Waals surface area (Å²) in [4.78, 5) is 11.4. The molecule has 0 radical (unpaired) electrons. The molecular weight excluding hydrogens is 251 g/mol. The first-order chi connectivity index (χ1) is 8.97. The first kappa shape index (κ1) is 15.2. The molecule has 19 heavy (non-hydrogen) atoms. The molecule has 0 aliphatic heterocycles. The number of ether oxygens (including phenoxy) is 1. The second-order valence-electron chi connectivity index (χ2n) is 4.37. The number of halogens is 1. The number of hydrogen-bond acceptors (Lipinski definition) is 3. The topological polar surface area (TPSA) is 70.6 Å². The van der Waals surface area contributed by atoms with E-state index >= 15 is 0 Å². The molecule has 0 bridgehead atoms. The molecule has 3 N–H and O–H groups in total. The average Bonchev–Trinajstić information content (AvgIpc) is 2.36. The van der Waals surface area contributed by atoms with Gasteiger partial charge in [-0.3, -0.25) is 0 Å². The van der Waals surface area contributed by atoms with Crippen molar-refractivity contribution < 1.29 is 19.0 Å². The minimum Gasteiger partial charge on any atom is -0.491 e. The van der Waals surface area contributed by atoms with Gasteiger partial charge in [-0.2, -0.15) is 0 Å². The van der Waals surface area contributed by atoms with Crippen LogP contribution in [0.25, 0.3) is 0 Å². The standard InChI is InChI=1S/C13H19FN2O3/c1-9(16-13(18)15-7-10(2)17)8-19-12-5-3-11(14)4-6-12/h3-6,9-10,17H,7-8H2,1-2H3,(H2,15,16,18)/t9?,10-/m1/s1. The molecule has 1 aromatic rings. The van der Waals surface area contributed by atoms with Gasteiger partial charge in [-0.05, 0) is 38.1 Å². The van der Waals surface area contributed by atoms with E-state index in [1.54, 1.807) is 13.8 Å². The van der Waals surface area contributed by atoms with Crippen LogP contribution >= 0.6 is 0 Å². The first-order valence-electron chi connectivity index (χ1n) is 6.08. The van der Waals surface area contributed by atoms with E-state index in [4.69, 9.17) is 9.84 Å². The Morgan fingerprint density at radius 2 is 2.00 bits per heavy atom. The molecule has 0 aliphatic rings. The largest absolute Gasteiger partial charge is 0.491 e. The monoisotopic (exact) mass is 270 g/mol. The van der Waals surface area contributed by atoms with Crippen molar-refractivity contribution in [2.75, 3.05) is 13.2 Å². The average molecular weight is 270 g/mol. The summed E-state index contributed by atoms with van der Waals surface area (Å²) >= 11 is 0. The smallest absolute Gasteiger partial charge is 0.315 e. The third kappa shape index (κ3) is 6.61. The van der Waals surface area contributed by atoms with Gasteiger partial charge in [0.05, 0.1) is 12.1 Å². The Morgan fingerprint density at radius 1 is 1.37 bits per heavy atom. The van der Waals surface area contributed by atoms with Crippen LogP contribution < -0.4 is 15.4 Å². The van der Waals surface area contributed by atoms with Crippen molar-refractivity contribution in [3.8, 4) is 5.75 Å². The number of urea groups is 1. The highest BCUT2D eigenvalue weighted by molar-refractivity contribution is 5.74. The fourth-order valence-corrected chi connectivity index (χ4v) is 1.31. The highest BCUT2D eigenvalue weighted by atomic mass is 19.1. The van der Waals surface area contributed by atoms with Gasteiger partial charge in [0, 0.05) is 6.54 Å². The number of aliphatic hydroxyl groups excluding tert-OH is 1. The SMILES string of the molecule is CC(COc1ccc(F)cc1)NC(=O)NC[C@@H](C)O. The summed E-state index contributed by atoms with van der Waals surface area (Å²) < 4.78 is 18.1. The third-order valence-electron chi connectivity index (χ3n) is 2.25. The van der Waals surface area contributed by atoms with E-state index in [2.05, 4.69) is 10.6 Å². The van der Waals surface area contributed by atoms with Crippen molar-refractivity contribution in [1.29, 1.82) is 0 Å². The molecule has 2 amide bonds. The van der Waals surface area contributed by atoms with Crippen LogP contribution in [-0.2, 0) is 0 Å². The molecule has 5 nitrogen and oxygen atoms in total. The van der Waals surface area contributed by atoms with Crippen LogP contribution in [0.5, 0.6) is 5.75 Å². The van der Waals surface area contributed by atoms with Gasteiger partial charge in [0.25, 0.3) is 0 Å². The van der Waals surface area contributed by atoms with Crippen molar-refractivity contribution in [2.45, 2.75) is 26.0 Å². The number of hydrogen-bond donors (Lipinski definition) is 3. The molecule has 0 aliphatic carbocycles. The predicted molar refractivity (Wildman–Crippen MR) is 69.6 cm³/mol. The summed E-state index contributed by atoms with van der Waals surface area (Å²) in [6.07, 6.45) is -0.587. The highest BCUT2D eigenvalue weighted by Crippen LogP contribution is 2.11. The number of amides is 2. The second-order valence-corrected chi connectivity index (χ2v) is 4.37. The van der Waals surface area contributed by atoms with Gasteiger partial charge < -0.3 is 20.5 Å². The molecule has 0 saturated heterocycles. The minimum atomic E-state index is -0.587. The fourth-order valence-electron chi connectivity index (χ4n) is 1.31. The predicted octanol–water partition coefficient (Wildman–Crippen LogP) is 1.27. The van der Waals surface area contributed by atoms with Gasteiger partial charge in [0.2, 0.25) is 0 Å². The van der Waals surface area contributed by atoms with E-state index in [-0.39, 0.29) is 31.0 Å². The lowest BCUT2D eigenvalue weighted by molar-refractivity contribution is 0.185. The molecular formula is C13H19FN2O3. The lowest BCUT2D eigenvalue weighted by Gasteiger charge is -2.16.